The van der Waals surface area contributed by atoms with E-state index >= 15 is 0 Å². The molecule has 0 unspecified atom stereocenters. The molecule has 0 saturated carbocycles. The molecule has 1 aromatic rings. The van der Waals surface area contributed by atoms with Gasteiger partial charge in [-0.2, -0.15) is 0 Å². The SMILES string of the molecule is COc1ccc2c(c1)CN(C)S2. The van der Waals surface area contributed by atoms with Gasteiger partial charge in [-0.1, -0.05) is 0 Å². The van der Waals surface area contributed by atoms with E-state index in [-0.39, 0.29) is 0 Å². The zero-order valence-electron chi connectivity index (χ0n) is 7.20. The minimum atomic E-state index is 0.949. The molecule has 2 nitrogen and oxygen atoms in total. The second-order valence-electron chi connectivity index (χ2n) is 2.85. The van der Waals surface area contributed by atoms with Crippen molar-refractivity contribution in [1.29, 1.82) is 0 Å². The fraction of sp³-hybridized carbons (Fsp3) is 0.333. The van der Waals surface area contributed by atoms with Gasteiger partial charge in [0.15, 0.2) is 0 Å². The van der Waals surface area contributed by atoms with Crippen LogP contribution in [-0.4, -0.2) is 18.5 Å². The lowest BCUT2D eigenvalue weighted by Gasteiger charge is -2.01. The maximum atomic E-state index is 5.15. The van der Waals surface area contributed by atoms with Crippen LogP contribution in [0.5, 0.6) is 5.75 Å². The summed E-state index contributed by atoms with van der Waals surface area (Å²) in [4.78, 5) is 1.35. The molecule has 64 valence electrons. The molecule has 1 aliphatic heterocycles. The Morgan fingerprint density at radius 1 is 1.50 bits per heavy atom. The average molecular weight is 181 g/mol. The lowest BCUT2D eigenvalue weighted by Crippen LogP contribution is -1.99. The van der Waals surface area contributed by atoms with Crippen LogP contribution in [0.2, 0.25) is 0 Å². The maximum Gasteiger partial charge on any atom is 0.119 e. The number of ether oxygens (including phenoxy) is 1. The number of hydrogen-bond donors (Lipinski definition) is 0. The maximum absolute atomic E-state index is 5.15. The lowest BCUT2D eigenvalue weighted by molar-refractivity contribution is 0.413. The lowest BCUT2D eigenvalue weighted by atomic mass is 10.2. The summed E-state index contributed by atoms with van der Waals surface area (Å²) in [5.41, 5.74) is 1.36. The molecule has 1 aromatic carbocycles. The topological polar surface area (TPSA) is 12.5 Å². The molecule has 0 aromatic heterocycles. The van der Waals surface area contributed by atoms with Crippen molar-refractivity contribution in [1.82, 2.24) is 4.31 Å². The van der Waals surface area contributed by atoms with Crippen LogP contribution in [0.15, 0.2) is 23.1 Å². The highest BCUT2D eigenvalue weighted by atomic mass is 32.2. The van der Waals surface area contributed by atoms with Crippen LogP contribution in [0, 0.1) is 0 Å². The second kappa shape index (κ2) is 2.99. The van der Waals surface area contributed by atoms with E-state index in [1.54, 1.807) is 19.1 Å². The number of hydrogen-bond acceptors (Lipinski definition) is 3. The molecule has 12 heavy (non-hydrogen) atoms. The van der Waals surface area contributed by atoms with Gasteiger partial charge in [-0.05, 0) is 42.8 Å². The summed E-state index contributed by atoms with van der Waals surface area (Å²) in [7, 11) is 3.80. The van der Waals surface area contributed by atoms with Crippen LogP contribution in [-0.2, 0) is 6.54 Å². The van der Waals surface area contributed by atoms with Gasteiger partial charge in [-0.15, -0.1) is 0 Å². The first-order valence-electron chi connectivity index (χ1n) is 3.85. The summed E-state index contributed by atoms with van der Waals surface area (Å²) in [6, 6.07) is 6.22. The fourth-order valence-corrected chi connectivity index (χ4v) is 2.24. The van der Waals surface area contributed by atoms with E-state index in [2.05, 4.69) is 23.5 Å². The molecule has 0 fully saturated rings. The summed E-state index contributed by atoms with van der Waals surface area (Å²) in [6.45, 7) is 1.01. The van der Waals surface area contributed by atoms with Gasteiger partial charge < -0.3 is 4.74 Å². The summed E-state index contributed by atoms with van der Waals surface area (Å²) in [6.07, 6.45) is 0. The van der Waals surface area contributed by atoms with E-state index in [1.807, 2.05) is 6.07 Å². The Hall–Kier alpha value is -0.670. The van der Waals surface area contributed by atoms with Crippen molar-refractivity contribution < 1.29 is 4.74 Å². The summed E-state index contributed by atoms with van der Waals surface area (Å²) in [5, 5.41) is 0. The molecular formula is C9H11NOS. The van der Waals surface area contributed by atoms with Crippen LogP contribution in [0.4, 0.5) is 0 Å². The van der Waals surface area contributed by atoms with Crippen molar-refractivity contribution >= 4 is 11.9 Å². The minimum Gasteiger partial charge on any atom is -0.497 e. The Bertz CT molecular complexity index is 301. The Morgan fingerprint density at radius 2 is 2.33 bits per heavy atom. The van der Waals surface area contributed by atoms with E-state index in [4.69, 9.17) is 4.74 Å². The van der Waals surface area contributed by atoms with Crippen molar-refractivity contribution in [2.75, 3.05) is 14.2 Å². The standard InChI is InChI=1S/C9H11NOS/c1-10-6-7-5-8(11-2)3-4-9(7)12-10/h3-5H,6H2,1-2H3. The largest absolute Gasteiger partial charge is 0.497 e. The zero-order valence-corrected chi connectivity index (χ0v) is 8.02. The molecule has 0 amide bonds. The molecule has 1 aliphatic rings. The van der Waals surface area contributed by atoms with Gasteiger partial charge in [0.2, 0.25) is 0 Å². The van der Waals surface area contributed by atoms with Crippen molar-refractivity contribution in [3.8, 4) is 5.75 Å². The van der Waals surface area contributed by atoms with E-state index < -0.39 is 0 Å². The van der Waals surface area contributed by atoms with Crippen LogP contribution >= 0.6 is 11.9 Å². The van der Waals surface area contributed by atoms with Crippen molar-refractivity contribution in [3.05, 3.63) is 23.8 Å². The van der Waals surface area contributed by atoms with E-state index in [1.165, 1.54) is 10.5 Å². The van der Waals surface area contributed by atoms with Crippen LogP contribution < -0.4 is 4.74 Å². The molecule has 0 bridgehead atoms. The molecular weight excluding hydrogens is 170 g/mol. The average Bonchev–Trinajstić information content (AvgIpc) is 2.43. The molecule has 3 heteroatoms. The Kier molecular flexibility index (Phi) is 1.98. The van der Waals surface area contributed by atoms with Crippen LogP contribution in [0.1, 0.15) is 5.56 Å². The van der Waals surface area contributed by atoms with Crippen LogP contribution in [0.3, 0.4) is 0 Å². The molecule has 0 aliphatic carbocycles. The summed E-state index contributed by atoms with van der Waals surface area (Å²) >= 11 is 1.79. The zero-order chi connectivity index (χ0) is 8.55. The van der Waals surface area contributed by atoms with Crippen molar-refractivity contribution in [2.24, 2.45) is 0 Å². The van der Waals surface area contributed by atoms with Gasteiger partial charge in [0, 0.05) is 11.4 Å². The van der Waals surface area contributed by atoms with Crippen molar-refractivity contribution in [3.63, 3.8) is 0 Å². The first-order valence-corrected chi connectivity index (χ1v) is 4.63. The predicted molar refractivity (Wildman–Crippen MR) is 50.3 cm³/mol. The molecule has 0 N–H and O–H groups in total. The summed E-state index contributed by atoms with van der Waals surface area (Å²) < 4.78 is 7.36. The number of fused-ring (bicyclic) bond motifs is 1. The Morgan fingerprint density at radius 3 is 3.08 bits per heavy atom. The first kappa shape index (κ1) is 7.95. The number of rotatable bonds is 1. The Labute approximate surface area is 76.7 Å². The van der Waals surface area contributed by atoms with E-state index in [9.17, 15) is 0 Å². The van der Waals surface area contributed by atoms with Gasteiger partial charge in [0.25, 0.3) is 0 Å². The van der Waals surface area contributed by atoms with Gasteiger partial charge in [-0.25, -0.2) is 4.31 Å². The number of benzene rings is 1. The highest BCUT2D eigenvalue weighted by Gasteiger charge is 2.16. The second-order valence-corrected chi connectivity index (χ2v) is 4.10. The Balaban J connectivity index is 2.35. The number of methoxy groups -OCH3 is 1. The minimum absolute atomic E-state index is 0.949. The molecule has 0 spiro atoms. The number of nitrogens with zero attached hydrogens (tertiary/aromatic N) is 1. The van der Waals surface area contributed by atoms with Gasteiger partial charge in [-0.3, -0.25) is 0 Å². The molecule has 0 saturated heterocycles. The molecule has 0 radical (unpaired) electrons. The fourth-order valence-electron chi connectivity index (χ4n) is 1.34. The highest BCUT2D eigenvalue weighted by Crippen LogP contribution is 2.36. The third-order valence-electron chi connectivity index (χ3n) is 1.91. The van der Waals surface area contributed by atoms with Gasteiger partial charge in [0.1, 0.15) is 5.75 Å². The molecule has 0 atom stereocenters. The highest BCUT2D eigenvalue weighted by molar-refractivity contribution is 7.97. The van der Waals surface area contributed by atoms with E-state index in [0.29, 0.717) is 0 Å². The third kappa shape index (κ3) is 1.30. The quantitative estimate of drug-likeness (QED) is 0.616. The van der Waals surface area contributed by atoms with Gasteiger partial charge in [0.05, 0.1) is 7.11 Å². The van der Waals surface area contributed by atoms with Gasteiger partial charge >= 0.3 is 0 Å². The van der Waals surface area contributed by atoms with Crippen LogP contribution in [0.25, 0.3) is 0 Å². The predicted octanol–water partition coefficient (Wildman–Crippen LogP) is 2.15. The molecule has 2 rings (SSSR count). The smallest absolute Gasteiger partial charge is 0.119 e. The first-order chi connectivity index (χ1) is 5.79. The third-order valence-corrected chi connectivity index (χ3v) is 2.95. The van der Waals surface area contributed by atoms with E-state index in [0.717, 1.165) is 12.3 Å². The normalized spacial score (nSPS) is 16.2. The molecule has 1 heterocycles. The summed E-state index contributed by atoms with van der Waals surface area (Å²) in [5.74, 6) is 0.949. The monoisotopic (exact) mass is 181 g/mol. The van der Waals surface area contributed by atoms with Crippen molar-refractivity contribution in [2.45, 2.75) is 11.4 Å².